The van der Waals surface area contributed by atoms with Crippen LogP contribution in [0.25, 0.3) is 0 Å². The third kappa shape index (κ3) is 3.20. The lowest BCUT2D eigenvalue weighted by atomic mass is 10.2. The largest absolute Gasteiger partial charge is 0.354 e. The Bertz CT molecular complexity index is 554. The molecule has 0 heterocycles. The molecule has 0 bridgehead atoms. The van der Waals surface area contributed by atoms with Crippen molar-refractivity contribution < 1.29 is 0 Å². The van der Waals surface area contributed by atoms with Crippen LogP contribution < -0.4 is 5.32 Å². The Morgan fingerprint density at radius 1 is 0.706 bits per heavy atom. The monoisotopic (exact) mass is 305 g/mol. The first-order valence-corrected chi connectivity index (χ1v) is 6.24. The van der Waals surface area contributed by atoms with E-state index in [1.54, 1.807) is 30.3 Å². The van der Waals surface area contributed by atoms with E-state index in [0.717, 1.165) is 11.4 Å². The molecule has 0 radical (unpaired) electrons. The van der Waals surface area contributed by atoms with Crippen molar-refractivity contribution in [2.24, 2.45) is 0 Å². The molecule has 0 spiro atoms. The first-order chi connectivity index (χ1) is 8.06. The lowest BCUT2D eigenvalue weighted by Gasteiger charge is -2.09. The number of nitrogens with one attached hydrogen (secondary N) is 1. The van der Waals surface area contributed by atoms with Gasteiger partial charge in [0.2, 0.25) is 0 Å². The van der Waals surface area contributed by atoms with Gasteiger partial charge >= 0.3 is 0 Å². The van der Waals surface area contributed by atoms with Gasteiger partial charge in [-0.3, -0.25) is 0 Å². The molecule has 17 heavy (non-hydrogen) atoms. The number of hydrogen-bond acceptors (Lipinski definition) is 1. The topological polar surface area (TPSA) is 12.0 Å². The van der Waals surface area contributed by atoms with Gasteiger partial charge in [0.1, 0.15) is 0 Å². The Hall–Kier alpha value is -0.600. The van der Waals surface area contributed by atoms with Crippen molar-refractivity contribution in [1.29, 1.82) is 0 Å². The molecule has 0 fully saturated rings. The van der Waals surface area contributed by atoms with E-state index in [2.05, 4.69) is 5.32 Å². The summed E-state index contributed by atoms with van der Waals surface area (Å²) in [4.78, 5) is 0. The highest BCUT2D eigenvalue weighted by atomic mass is 35.5. The summed E-state index contributed by atoms with van der Waals surface area (Å²) in [7, 11) is 0. The Kier molecular flexibility index (Phi) is 4.05. The lowest BCUT2D eigenvalue weighted by Crippen LogP contribution is -1.91. The third-order valence-electron chi connectivity index (χ3n) is 2.13. The summed E-state index contributed by atoms with van der Waals surface area (Å²) in [6.07, 6.45) is 0. The molecular formula is C12H7Cl4N. The Morgan fingerprint density at radius 3 is 2.12 bits per heavy atom. The molecule has 1 N–H and O–H groups in total. The van der Waals surface area contributed by atoms with Gasteiger partial charge in [-0.15, -0.1) is 0 Å². The van der Waals surface area contributed by atoms with Crippen LogP contribution in [0.3, 0.4) is 0 Å². The fourth-order valence-electron chi connectivity index (χ4n) is 1.32. The van der Waals surface area contributed by atoms with E-state index in [-0.39, 0.29) is 0 Å². The maximum Gasteiger partial charge on any atom is 0.0642 e. The molecule has 2 aromatic rings. The quantitative estimate of drug-likeness (QED) is 0.712. The lowest BCUT2D eigenvalue weighted by molar-refractivity contribution is 1.55. The maximum absolute atomic E-state index is 6.04. The number of halogens is 4. The van der Waals surface area contributed by atoms with Gasteiger partial charge in [0, 0.05) is 10.7 Å². The summed E-state index contributed by atoms with van der Waals surface area (Å²) in [6.45, 7) is 0. The summed E-state index contributed by atoms with van der Waals surface area (Å²) < 4.78 is 0. The second kappa shape index (κ2) is 5.36. The van der Waals surface area contributed by atoms with Crippen LogP contribution in [0.5, 0.6) is 0 Å². The number of rotatable bonds is 2. The third-order valence-corrected chi connectivity index (χ3v) is 3.43. The molecule has 5 heteroatoms. The second-order valence-corrected chi connectivity index (χ2v) is 5.04. The smallest absolute Gasteiger partial charge is 0.0642 e. The predicted molar refractivity (Wildman–Crippen MR) is 76.2 cm³/mol. The zero-order valence-electron chi connectivity index (χ0n) is 8.48. The van der Waals surface area contributed by atoms with E-state index in [1.807, 2.05) is 6.07 Å². The minimum Gasteiger partial charge on any atom is -0.354 e. The normalized spacial score (nSPS) is 10.4. The minimum atomic E-state index is 0.481. The summed E-state index contributed by atoms with van der Waals surface area (Å²) in [5.74, 6) is 0. The molecule has 0 saturated heterocycles. The number of benzene rings is 2. The van der Waals surface area contributed by atoms with Gasteiger partial charge in [-0.2, -0.15) is 0 Å². The van der Waals surface area contributed by atoms with Crippen molar-refractivity contribution >= 4 is 57.8 Å². The standard InChI is InChI=1S/C12H7Cl4N/c13-7-1-3-10(15)12(5-7)17-8-2-4-9(14)11(16)6-8/h1-6,17H. The molecule has 0 unspecified atom stereocenters. The van der Waals surface area contributed by atoms with Crippen LogP contribution in [0.1, 0.15) is 0 Å². The molecule has 0 aromatic heterocycles. The molecule has 88 valence electrons. The van der Waals surface area contributed by atoms with E-state index >= 15 is 0 Å². The van der Waals surface area contributed by atoms with Gasteiger partial charge in [0.15, 0.2) is 0 Å². The van der Waals surface area contributed by atoms with Gasteiger partial charge in [0.25, 0.3) is 0 Å². The summed E-state index contributed by atoms with van der Waals surface area (Å²) >= 11 is 23.7. The molecule has 0 aliphatic rings. The van der Waals surface area contributed by atoms with Crippen molar-refractivity contribution in [2.45, 2.75) is 0 Å². The van der Waals surface area contributed by atoms with E-state index in [9.17, 15) is 0 Å². The molecule has 2 aromatic carbocycles. The summed E-state index contributed by atoms with van der Waals surface area (Å²) in [6, 6.07) is 10.4. The Balaban J connectivity index is 2.31. The molecule has 0 saturated carbocycles. The van der Waals surface area contributed by atoms with Crippen molar-refractivity contribution in [1.82, 2.24) is 0 Å². The number of hydrogen-bond donors (Lipinski definition) is 1. The maximum atomic E-state index is 6.04. The fourth-order valence-corrected chi connectivity index (χ4v) is 1.96. The molecule has 0 aliphatic carbocycles. The second-order valence-electron chi connectivity index (χ2n) is 3.38. The van der Waals surface area contributed by atoms with Crippen LogP contribution in [0, 0.1) is 0 Å². The van der Waals surface area contributed by atoms with Crippen LogP contribution in [0.15, 0.2) is 36.4 Å². The molecule has 0 aliphatic heterocycles. The summed E-state index contributed by atoms with van der Waals surface area (Å²) in [5.41, 5.74) is 1.51. The van der Waals surface area contributed by atoms with Gasteiger partial charge < -0.3 is 5.32 Å². The van der Waals surface area contributed by atoms with E-state index in [0.29, 0.717) is 20.1 Å². The summed E-state index contributed by atoms with van der Waals surface area (Å²) in [5, 5.41) is 5.30. The fraction of sp³-hybridized carbons (Fsp3) is 0. The van der Waals surface area contributed by atoms with Crippen LogP contribution >= 0.6 is 46.4 Å². The Labute approximate surface area is 119 Å². The molecule has 0 amide bonds. The molecule has 2 rings (SSSR count). The van der Waals surface area contributed by atoms with Gasteiger partial charge in [-0.05, 0) is 36.4 Å². The molecular weight excluding hydrogens is 300 g/mol. The van der Waals surface area contributed by atoms with E-state index < -0.39 is 0 Å². The van der Waals surface area contributed by atoms with Crippen molar-refractivity contribution in [3.8, 4) is 0 Å². The average molecular weight is 307 g/mol. The highest BCUT2D eigenvalue weighted by Crippen LogP contribution is 2.31. The van der Waals surface area contributed by atoms with Gasteiger partial charge in [-0.1, -0.05) is 46.4 Å². The first kappa shape index (κ1) is 12.8. The van der Waals surface area contributed by atoms with Crippen LogP contribution in [0.2, 0.25) is 20.1 Å². The van der Waals surface area contributed by atoms with Crippen molar-refractivity contribution in [2.75, 3.05) is 5.32 Å². The van der Waals surface area contributed by atoms with Crippen molar-refractivity contribution in [3.63, 3.8) is 0 Å². The van der Waals surface area contributed by atoms with E-state index in [1.165, 1.54) is 0 Å². The molecule has 1 nitrogen and oxygen atoms in total. The zero-order valence-corrected chi connectivity index (χ0v) is 11.5. The first-order valence-electron chi connectivity index (χ1n) is 4.73. The highest BCUT2D eigenvalue weighted by Gasteiger charge is 2.04. The van der Waals surface area contributed by atoms with Crippen LogP contribution in [-0.4, -0.2) is 0 Å². The van der Waals surface area contributed by atoms with Crippen molar-refractivity contribution in [3.05, 3.63) is 56.5 Å². The Morgan fingerprint density at radius 2 is 1.41 bits per heavy atom. The SMILES string of the molecule is Clc1ccc(Cl)c(Nc2ccc(Cl)c(Cl)c2)c1. The average Bonchev–Trinajstić information content (AvgIpc) is 2.29. The zero-order chi connectivity index (χ0) is 12.4. The molecule has 0 atom stereocenters. The predicted octanol–water partition coefficient (Wildman–Crippen LogP) is 6.04. The minimum absolute atomic E-state index is 0.481. The number of anilines is 2. The van der Waals surface area contributed by atoms with E-state index in [4.69, 9.17) is 46.4 Å². The van der Waals surface area contributed by atoms with Gasteiger partial charge in [-0.25, -0.2) is 0 Å². The van der Waals surface area contributed by atoms with Crippen LogP contribution in [0.4, 0.5) is 11.4 Å². The van der Waals surface area contributed by atoms with Gasteiger partial charge in [0.05, 0.1) is 20.8 Å². The highest BCUT2D eigenvalue weighted by molar-refractivity contribution is 6.42. The van der Waals surface area contributed by atoms with Crippen LogP contribution in [-0.2, 0) is 0 Å².